The predicted octanol–water partition coefficient (Wildman–Crippen LogP) is 3.31. The molecule has 0 saturated heterocycles. The van der Waals surface area contributed by atoms with Crippen molar-refractivity contribution in [1.29, 1.82) is 0 Å². The third-order valence-corrected chi connectivity index (χ3v) is 10.1. The summed E-state index contributed by atoms with van der Waals surface area (Å²) in [7, 11) is -1.16. The lowest BCUT2D eigenvalue weighted by molar-refractivity contribution is 0.933. The minimum absolute atomic E-state index is 0.792. The summed E-state index contributed by atoms with van der Waals surface area (Å²) in [4.78, 5) is 0. The second kappa shape index (κ2) is 3.11. The van der Waals surface area contributed by atoms with Gasteiger partial charge in [-0.2, -0.15) is 0 Å². The van der Waals surface area contributed by atoms with Gasteiger partial charge in [-0.15, -0.1) is 0 Å². The molecule has 0 amide bonds. The van der Waals surface area contributed by atoms with Crippen LogP contribution in [0.3, 0.4) is 0 Å². The maximum atomic E-state index is 4.72. The quantitative estimate of drug-likeness (QED) is 0.467. The number of thiol groups is 1. The molecule has 0 aliphatic heterocycles. The first-order valence-corrected chi connectivity index (χ1v) is 7.55. The van der Waals surface area contributed by atoms with Gasteiger partial charge in [0.15, 0.2) is 0 Å². The third kappa shape index (κ3) is 2.34. The van der Waals surface area contributed by atoms with Crippen LogP contribution in [-0.2, 0) is 0 Å². The summed E-state index contributed by atoms with van der Waals surface area (Å²) < 4.78 is 0. The Kier molecular flexibility index (Phi) is 3.30. The van der Waals surface area contributed by atoms with E-state index in [0.717, 1.165) is 11.1 Å². The summed E-state index contributed by atoms with van der Waals surface area (Å²) in [5.41, 5.74) is 1.58. The molecule has 0 heterocycles. The van der Waals surface area contributed by atoms with Crippen LogP contribution in [-0.4, -0.2) is 7.22 Å². The van der Waals surface area contributed by atoms with Crippen molar-refractivity contribution < 1.29 is 0 Å². The number of hydrogen-bond donors (Lipinski definition) is 1. The summed E-state index contributed by atoms with van der Waals surface area (Å²) in [6, 6.07) is 0. The summed E-state index contributed by atoms with van der Waals surface area (Å²) in [5, 5.41) is 0. The molecule has 0 aliphatic carbocycles. The highest BCUT2D eigenvalue weighted by atomic mass is 32.3. The normalized spacial score (nSPS) is 13.3. The lowest BCUT2D eigenvalue weighted by Crippen LogP contribution is -2.30. The Labute approximate surface area is 65.1 Å². The van der Waals surface area contributed by atoms with E-state index in [1.54, 1.807) is 0 Å². The zero-order chi connectivity index (χ0) is 7.65. The Morgan fingerprint density at radius 2 is 1.22 bits per heavy atom. The van der Waals surface area contributed by atoms with E-state index in [2.05, 4.69) is 34.2 Å². The highest BCUT2D eigenvalue weighted by molar-refractivity contribution is 8.14. The molecular weight excluding hydrogens is 144 g/mol. The Bertz CT molecular complexity index is 76.9. The molecule has 0 aliphatic rings. The molecule has 0 rings (SSSR count). The average Bonchev–Trinajstić information content (AvgIpc) is 1.65. The standard InChI is InChI=1S/C7H18SSi/c1-6(2)9(5,8)7(3)4/h6-8H,1-5H3. The summed E-state index contributed by atoms with van der Waals surface area (Å²) >= 11 is 4.72. The van der Waals surface area contributed by atoms with Crippen molar-refractivity contribution in [2.75, 3.05) is 0 Å². The molecule has 9 heavy (non-hydrogen) atoms. The van der Waals surface area contributed by atoms with Gasteiger partial charge in [-0.1, -0.05) is 34.2 Å². The first-order valence-electron chi connectivity index (χ1n) is 3.61. The fourth-order valence-corrected chi connectivity index (χ4v) is 2.00. The van der Waals surface area contributed by atoms with Gasteiger partial charge in [0.05, 0.1) is 0 Å². The van der Waals surface area contributed by atoms with E-state index >= 15 is 0 Å². The minimum atomic E-state index is -1.16. The lowest BCUT2D eigenvalue weighted by Gasteiger charge is -2.29. The van der Waals surface area contributed by atoms with Crippen LogP contribution >= 0.6 is 12.1 Å². The summed E-state index contributed by atoms with van der Waals surface area (Å²) in [6.45, 7) is 11.4. The van der Waals surface area contributed by atoms with Gasteiger partial charge in [0.25, 0.3) is 0 Å². The summed E-state index contributed by atoms with van der Waals surface area (Å²) in [5.74, 6) is 0. The van der Waals surface area contributed by atoms with Gasteiger partial charge in [0, 0.05) is 0 Å². The van der Waals surface area contributed by atoms with Crippen molar-refractivity contribution in [2.45, 2.75) is 45.3 Å². The van der Waals surface area contributed by atoms with Crippen molar-refractivity contribution in [2.24, 2.45) is 0 Å². The van der Waals surface area contributed by atoms with E-state index in [9.17, 15) is 0 Å². The van der Waals surface area contributed by atoms with E-state index in [1.165, 1.54) is 0 Å². The molecule has 0 nitrogen and oxygen atoms in total. The zero-order valence-corrected chi connectivity index (χ0v) is 9.00. The van der Waals surface area contributed by atoms with Crippen molar-refractivity contribution in [3.05, 3.63) is 0 Å². The number of hydrogen-bond acceptors (Lipinski definition) is 1. The fraction of sp³-hybridized carbons (Fsp3) is 1.00. The molecule has 0 unspecified atom stereocenters. The summed E-state index contributed by atoms with van der Waals surface area (Å²) in [6.07, 6.45) is 0. The molecule has 0 fully saturated rings. The largest absolute Gasteiger partial charge is 0.201 e. The van der Waals surface area contributed by atoms with Crippen LogP contribution in [0.2, 0.25) is 17.6 Å². The van der Waals surface area contributed by atoms with E-state index in [-0.39, 0.29) is 0 Å². The number of rotatable bonds is 2. The molecule has 0 aromatic carbocycles. The predicted molar refractivity (Wildman–Crippen MR) is 50.8 cm³/mol. The third-order valence-electron chi connectivity index (χ3n) is 2.34. The Morgan fingerprint density at radius 1 is 1.00 bits per heavy atom. The molecule has 0 bridgehead atoms. The Morgan fingerprint density at radius 3 is 1.22 bits per heavy atom. The second-order valence-electron chi connectivity index (χ2n) is 3.54. The van der Waals surface area contributed by atoms with E-state index in [0.29, 0.717) is 0 Å². The Balaban J connectivity index is 4.01. The van der Waals surface area contributed by atoms with Crippen molar-refractivity contribution in [3.8, 4) is 0 Å². The molecule has 0 radical (unpaired) electrons. The molecule has 2 heteroatoms. The van der Waals surface area contributed by atoms with Crippen LogP contribution in [0, 0.1) is 0 Å². The van der Waals surface area contributed by atoms with Gasteiger partial charge >= 0.3 is 0 Å². The molecule has 56 valence electrons. The maximum absolute atomic E-state index is 4.72. The van der Waals surface area contributed by atoms with E-state index in [4.69, 9.17) is 12.1 Å². The topological polar surface area (TPSA) is 0 Å². The van der Waals surface area contributed by atoms with Gasteiger partial charge in [0.1, 0.15) is 7.22 Å². The van der Waals surface area contributed by atoms with Crippen LogP contribution < -0.4 is 0 Å². The average molecular weight is 162 g/mol. The highest BCUT2D eigenvalue weighted by Crippen LogP contribution is 2.34. The molecular formula is C7H18SSi. The zero-order valence-electron chi connectivity index (χ0n) is 7.10. The van der Waals surface area contributed by atoms with Crippen molar-refractivity contribution >= 4 is 19.3 Å². The van der Waals surface area contributed by atoms with Gasteiger partial charge in [-0.05, 0) is 11.1 Å². The monoisotopic (exact) mass is 162 g/mol. The van der Waals surface area contributed by atoms with Gasteiger partial charge < -0.3 is 0 Å². The van der Waals surface area contributed by atoms with E-state index in [1.807, 2.05) is 0 Å². The maximum Gasteiger partial charge on any atom is 0.115 e. The highest BCUT2D eigenvalue weighted by Gasteiger charge is 2.29. The van der Waals surface area contributed by atoms with Crippen LogP contribution in [0.1, 0.15) is 27.7 Å². The second-order valence-corrected chi connectivity index (χ2v) is 11.2. The van der Waals surface area contributed by atoms with E-state index < -0.39 is 7.22 Å². The van der Waals surface area contributed by atoms with Gasteiger partial charge in [-0.25, -0.2) is 12.1 Å². The first kappa shape index (κ1) is 9.57. The van der Waals surface area contributed by atoms with Crippen molar-refractivity contribution in [3.63, 3.8) is 0 Å². The van der Waals surface area contributed by atoms with Crippen LogP contribution in [0.15, 0.2) is 0 Å². The first-order chi connectivity index (χ1) is 3.89. The minimum Gasteiger partial charge on any atom is -0.201 e. The molecule has 0 aromatic rings. The van der Waals surface area contributed by atoms with Crippen molar-refractivity contribution in [1.82, 2.24) is 0 Å². The molecule has 0 N–H and O–H groups in total. The van der Waals surface area contributed by atoms with Crippen LogP contribution in [0.4, 0.5) is 0 Å². The fourth-order valence-electron chi connectivity index (χ4n) is 0.667. The SMILES string of the molecule is CC(C)[Si](C)(S)C(C)C. The van der Waals surface area contributed by atoms with Gasteiger partial charge in [0.2, 0.25) is 0 Å². The smallest absolute Gasteiger partial charge is 0.115 e. The van der Waals surface area contributed by atoms with Gasteiger partial charge in [-0.3, -0.25) is 0 Å². The lowest BCUT2D eigenvalue weighted by atomic mass is 10.5. The molecule has 0 aromatic heterocycles. The Hall–Kier alpha value is 0.567. The molecule has 0 atom stereocenters. The van der Waals surface area contributed by atoms with Crippen LogP contribution in [0.5, 0.6) is 0 Å². The van der Waals surface area contributed by atoms with Crippen LogP contribution in [0.25, 0.3) is 0 Å². The molecule has 0 spiro atoms. The molecule has 0 saturated carbocycles.